The zero-order chi connectivity index (χ0) is 12.6. The van der Waals surface area contributed by atoms with Gasteiger partial charge in [0.25, 0.3) is 0 Å². The topological polar surface area (TPSA) is 43.8 Å². The van der Waals surface area contributed by atoms with Crippen LogP contribution in [0.25, 0.3) is 5.69 Å². The van der Waals surface area contributed by atoms with E-state index in [1.165, 1.54) is 30.0 Å². The van der Waals surface area contributed by atoms with Crippen molar-refractivity contribution in [2.45, 2.75) is 13.1 Å². The number of aryl methyl sites for hydroxylation is 1. The molecule has 6 heteroatoms. The van der Waals surface area contributed by atoms with Crippen LogP contribution >= 0.6 is 0 Å². The Hall–Kier alpha value is -1.98. The van der Waals surface area contributed by atoms with Crippen molar-refractivity contribution in [2.75, 3.05) is 5.73 Å². The van der Waals surface area contributed by atoms with Crippen LogP contribution in [0.5, 0.6) is 0 Å². The number of imidazole rings is 1. The van der Waals surface area contributed by atoms with Crippen molar-refractivity contribution in [1.29, 1.82) is 0 Å². The Kier molecular flexibility index (Phi) is 2.57. The Morgan fingerprint density at radius 2 is 2.00 bits per heavy atom. The first-order valence-electron chi connectivity index (χ1n) is 4.86. The highest BCUT2D eigenvalue weighted by Gasteiger charge is 2.32. The number of benzene rings is 1. The molecular formula is C11H10F3N3. The average molecular weight is 241 g/mol. The third kappa shape index (κ3) is 2.11. The maximum Gasteiger partial charge on any atom is 0.416 e. The Balaban J connectivity index is 2.56. The predicted octanol–water partition coefficient (Wildman–Crippen LogP) is 2.78. The molecule has 1 heterocycles. The summed E-state index contributed by atoms with van der Waals surface area (Å²) in [7, 11) is 0. The van der Waals surface area contributed by atoms with E-state index in [4.69, 9.17) is 5.73 Å². The lowest BCUT2D eigenvalue weighted by molar-refractivity contribution is -0.138. The second kappa shape index (κ2) is 3.80. The molecule has 2 aromatic rings. The molecule has 0 unspecified atom stereocenters. The second-order valence-corrected chi connectivity index (χ2v) is 3.65. The number of alkyl halides is 3. The molecular weight excluding hydrogens is 231 g/mol. The molecule has 0 saturated carbocycles. The molecule has 0 bridgehead atoms. The fourth-order valence-corrected chi connectivity index (χ4v) is 1.60. The molecule has 2 rings (SSSR count). The molecule has 0 fully saturated rings. The first-order valence-corrected chi connectivity index (χ1v) is 4.86. The van der Waals surface area contributed by atoms with E-state index in [-0.39, 0.29) is 11.5 Å². The molecule has 0 aliphatic heterocycles. The highest BCUT2D eigenvalue weighted by atomic mass is 19.4. The first-order chi connectivity index (χ1) is 7.89. The summed E-state index contributed by atoms with van der Waals surface area (Å²) in [5, 5.41) is 0. The maximum absolute atomic E-state index is 12.7. The number of hydrogen-bond donors (Lipinski definition) is 1. The normalized spacial score (nSPS) is 11.8. The van der Waals surface area contributed by atoms with Crippen LogP contribution in [-0.2, 0) is 6.18 Å². The number of nitrogens with two attached hydrogens (primary N) is 1. The van der Waals surface area contributed by atoms with Crippen LogP contribution in [0.15, 0.2) is 30.6 Å². The first kappa shape index (κ1) is 11.5. The van der Waals surface area contributed by atoms with Crippen LogP contribution in [-0.4, -0.2) is 9.55 Å². The quantitative estimate of drug-likeness (QED) is 0.834. The van der Waals surface area contributed by atoms with Gasteiger partial charge in [0.15, 0.2) is 0 Å². The molecule has 3 nitrogen and oxygen atoms in total. The van der Waals surface area contributed by atoms with Gasteiger partial charge in [-0.3, -0.25) is 4.57 Å². The van der Waals surface area contributed by atoms with E-state index < -0.39 is 11.7 Å². The summed E-state index contributed by atoms with van der Waals surface area (Å²) in [5.41, 5.74) is 5.40. The van der Waals surface area contributed by atoms with Crippen LogP contribution < -0.4 is 5.73 Å². The molecule has 0 saturated heterocycles. The van der Waals surface area contributed by atoms with Crippen LogP contribution in [0.3, 0.4) is 0 Å². The Morgan fingerprint density at radius 3 is 2.53 bits per heavy atom. The molecule has 90 valence electrons. The van der Waals surface area contributed by atoms with Crippen LogP contribution in [0.2, 0.25) is 0 Å². The number of aromatic nitrogens is 2. The SMILES string of the molecule is Cc1ccc(-n2ccnc2N)cc1C(F)(F)F. The molecule has 0 atom stereocenters. The number of anilines is 1. The lowest BCUT2D eigenvalue weighted by atomic mass is 10.1. The van der Waals surface area contributed by atoms with Gasteiger partial charge in [-0.05, 0) is 24.6 Å². The van der Waals surface area contributed by atoms with Crippen LogP contribution in [0, 0.1) is 6.92 Å². The number of hydrogen-bond acceptors (Lipinski definition) is 2. The highest BCUT2D eigenvalue weighted by Crippen LogP contribution is 2.33. The van der Waals surface area contributed by atoms with E-state index in [1.807, 2.05) is 0 Å². The molecule has 1 aromatic heterocycles. The monoisotopic (exact) mass is 241 g/mol. The third-order valence-corrected chi connectivity index (χ3v) is 2.47. The molecule has 0 radical (unpaired) electrons. The zero-order valence-electron chi connectivity index (χ0n) is 8.99. The van der Waals surface area contributed by atoms with Gasteiger partial charge in [0.05, 0.1) is 5.56 Å². The van der Waals surface area contributed by atoms with Gasteiger partial charge >= 0.3 is 6.18 Å². The van der Waals surface area contributed by atoms with E-state index in [0.717, 1.165) is 6.07 Å². The van der Waals surface area contributed by atoms with Gasteiger partial charge < -0.3 is 5.73 Å². The third-order valence-electron chi connectivity index (χ3n) is 2.47. The van der Waals surface area contributed by atoms with E-state index >= 15 is 0 Å². The molecule has 0 spiro atoms. The van der Waals surface area contributed by atoms with Gasteiger partial charge in [0, 0.05) is 18.1 Å². The van der Waals surface area contributed by atoms with Crippen molar-refractivity contribution in [2.24, 2.45) is 0 Å². The van der Waals surface area contributed by atoms with Gasteiger partial charge in [0.1, 0.15) is 0 Å². The summed E-state index contributed by atoms with van der Waals surface area (Å²) >= 11 is 0. The van der Waals surface area contributed by atoms with E-state index in [9.17, 15) is 13.2 Å². The van der Waals surface area contributed by atoms with Crippen LogP contribution in [0.1, 0.15) is 11.1 Å². The molecule has 0 aliphatic rings. The minimum atomic E-state index is -4.37. The lowest BCUT2D eigenvalue weighted by Gasteiger charge is -2.13. The summed E-state index contributed by atoms with van der Waals surface area (Å²) in [4.78, 5) is 3.77. The number of nitrogen functional groups attached to an aromatic ring is 1. The molecule has 17 heavy (non-hydrogen) atoms. The molecule has 0 aliphatic carbocycles. The van der Waals surface area contributed by atoms with Crippen LogP contribution in [0.4, 0.5) is 19.1 Å². The largest absolute Gasteiger partial charge is 0.416 e. The zero-order valence-corrected chi connectivity index (χ0v) is 8.99. The van der Waals surface area contributed by atoms with Gasteiger partial charge in [0.2, 0.25) is 5.95 Å². The maximum atomic E-state index is 12.7. The van der Waals surface area contributed by atoms with E-state index in [0.29, 0.717) is 5.69 Å². The summed E-state index contributed by atoms with van der Waals surface area (Å²) in [6.45, 7) is 1.42. The molecule has 0 amide bonds. The van der Waals surface area contributed by atoms with Crippen molar-refractivity contribution < 1.29 is 13.2 Å². The smallest absolute Gasteiger partial charge is 0.369 e. The summed E-state index contributed by atoms with van der Waals surface area (Å²) < 4.78 is 39.5. The van der Waals surface area contributed by atoms with Crippen molar-refractivity contribution in [3.05, 3.63) is 41.7 Å². The van der Waals surface area contributed by atoms with Crippen molar-refractivity contribution in [3.8, 4) is 5.69 Å². The van der Waals surface area contributed by atoms with Crippen molar-refractivity contribution >= 4 is 5.95 Å². The van der Waals surface area contributed by atoms with Crippen molar-refractivity contribution in [1.82, 2.24) is 9.55 Å². The average Bonchev–Trinajstić information content (AvgIpc) is 2.63. The fourth-order valence-electron chi connectivity index (χ4n) is 1.60. The van der Waals surface area contributed by atoms with Gasteiger partial charge in [-0.1, -0.05) is 6.07 Å². The minimum Gasteiger partial charge on any atom is -0.369 e. The Labute approximate surface area is 95.7 Å². The van der Waals surface area contributed by atoms with E-state index in [1.54, 1.807) is 6.07 Å². The minimum absolute atomic E-state index is 0.155. The number of rotatable bonds is 1. The molecule has 2 N–H and O–H groups in total. The highest BCUT2D eigenvalue weighted by molar-refractivity contribution is 5.45. The number of nitrogens with zero attached hydrogens (tertiary/aromatic N) is 2. The van der Waals surface area contributed by atoms with E-state index in [2.05, 4.69) is 4.98 Å². The summed E-state index contributed by atoms with van der Waals surface area (Å²) in [6, 6.07) is 4.05. The Bertz CT molecular complexity index is 543. The predicted molar refractivity (Wildman–Crippen MR) is 57.7 cm³/mol. The number of halogens is 3. The lowest BCUT2D eigenvalue weighted by Crippen LogP contribution is -2.09. The fraction of sp³-hybridized carbons (Fsp3) is 0.182. The second-order valence-electron chi connectivity index (χ2n) is 3.65. The van der Waals surface area contributed by atoms with Gasteiger partial charge in [-0.15, -0.1) is 0 Å². The Morgan fingerprint density at radius 1 is 1.29 bits per heavy atom. The summed E-state index contributed by atoms with van der Waals surface area (Å²) in [6.07, 6.45) is -1.42. The van der Waals surface area contributed by atoms with Gasteiger partial charge in [-0.25, -0.2) is 4.98 Å². The summed E-state index contributed by atoms with van der Waals surface area (Å²) in [5.74, 6) is 0.155. The van der Waals surface area contributed by atoms with Crippen molar-refractivity contribution in [3.63, 3.8) is 0 Å². The van der Waals surface area contributed by atoms with Gasteiger partial charge in [-0.2, -0.15) is 13.2 Å². The standard InChI is InChI=1S/C11H10F3N3/c1-7-2-3-8(6-9(7)11(12,13)14)17-5-4-16-10(17)15/h2-6H,1H3,(H2,15,16). The molecule has 1 aromatic carbocycles.